The molecule has 2 aromatic carbocycles. The molecule has 1 fully saturated rings. The number of hydrogen-bond acceptors (Lipinski definition) is 3. The second-order valence-corrected chi connectivity index (χ2v) is 7.67. The molecule has 1 aliphatic carbocycles. The van der Waals surface area contributed by atoms with Crippen LogP contribution in [0.2, 0.25) is 0 Å². The summed E-state index contributed by atoms with van der Waals surface area (Å²) < 4.78 is 0. The van der Waals surface area contributed by atoms with Gasteiger partial charge < -0.3 is 5.32 Å². The lowest BCUT2D eigenvalue weighted by molar-refractivity contribution is -0.117. The average molecular weight is 362 g/mol. The highest BCUT2D eigenvalue weighted by Gasteiger charge is 2.26. The molecule has 0 spiro atoms. The maximum absolute atomic E-state index is 12.6. The second kappa shape index (κ2) is 8.05. The van der Waals surface area contributed by atoms with E-state index in [-0.39, 0.29) is 17.6 Å². The van der Waals surface area contributed by atoms with E-state index < -0.39 is 0 Å². The molecule has 1 amide bonds. The van der Waals surface area contributed by atoms with E-state index in [1.54, 1.807) is 0 Å². The van der Waals surface area contributed by atoms with Crippen LogP contribution in [0.25, 0.3) is 0 Å². The van der Waals surface area contributed by atoms with Gasteiger partial charge in [0.05, 0.1) is 6.54 Å². The summed E-state index contributed by atoms with van der Waals surface area (Å²) in [4.78, 5) is 27.1. The van der Waals surface area contributed by atoms with E-state index in [0.29, 0.717) is 6.54 Å². The van der Waals surface area contributed by atoms with E-state index in [4.69, 9.17) is 0 Å². The first-order chi connectivity index (χ1) is 13.2. The van der Waals surface area contributed by atoms with Gasteiger partial charge in [-0.15, -0.1) is 0 Å². The number of likely N-dealkylation sites (tertiary alicyclic amines) is 1. The molecule has 0 radical (unpaired) electrons. The molecule has 140 valence electrons. The fraction of sp³-hybridized carbons (Fsp3) is 0.391. The zero-order valence-corrected chi connectivity index (χ0v) is 15.6. The summed E-state index contributed by atoms with van der Waals surface area (Å²) in [6, 6.07) is 15.8. The monoisotopic (exact) mass is 362 g/mol. The first kappa shape index (κ1) is 17.9. The van der Waals surface area contributed by atoms with Gasteiger partial charge in [0.1, 0.15) is 0 Å². The zero-order valence-electron chi connectivity index (χ0n) is 15.6. The smallest absolute Gasteiger partial charge is 0.238 e. The van der Waals surface area contributed by atoms with E-state index in [2.05, 4.69) is 22.3 Å². The van der Waals surface area contributed by atoms with Gasteiger partial charge in [-0.25, -0.2) is 0 Å². The van der Waals surface area contributed by atoms with E-state index in [0.717, 1.165) is 50.0 Å². The maximum atomic E-state index is 12.6. The van der Waals surface area contributed by atoms with Crippen molar-refractivity contribution >= 4 is 17.4 Å². The van der Waals surface area contributed by atoms with Gasteiger partial charge >= 0.3 is 0 Å². The normalized spacial score (nSPS) is 17.5. The van der Waals surface area contributed by atoms with Gasteiger partial charge in [-0.2, -0.15) is 0 Å². The molecule has 4 nitrogen and oxygen atoms in total. The van der Waals surface area contributed by atoms with Crippen molar-refractivity contribution in [2.45, 2.75) is 32.1 Å². The fourth-order valence-electron chi connectivity index (χ4n) is 4.24. The molecule has 4 heteroatoms. The van der Waals surface area contributed by atoms with E-state index >= 15 is 0 Å². The van der Waals surface area contributed by atoms with Crippen LogP contribution in [0, 0.1) is 5.92 Å². The van der Waals surface area contributed by atoms with Crippen molar-refractivity contribution in [3.05, 3.63) is 65.2 Å². The first-order valence-corrected chi connectivity index (χ1v) is 9.92. The number of anilines is 1. The molecule has 27 heavy (non-hydrogen) atoms. The third-order valence-corrected chi connectivity index (χ3v) is 5.77. The minimum atomic E-state index is 0.0285. The maximum Gasteiger partial charge on any atom is 0.238 e. The second-order valence-electron chi connectivity index (χ2n) is 7.67. The molecule has 4 rings (SSSR count). The van der Waals surface area contributed by atoms with Crippen LogP contribution in [0.15, 0.2) is 48.5 Å². The number of nitrogens with zero attached hydrogens (tertiary/aromatic N) is 1. The SMILES string of the molecule is O=C(CN1CCC(C(=O)c2ccccc2)CC1)Nc1ccc2c(c1)CCC2. The summed E-state index contributed by atoms with van der Waals surface area (Å²) in [5, 5.41) is 3.03. The molecular formula is C23H26N2O2. The average Bonchev–Trinajstić information content (AvgIpc) is 3.16. The van der Waals surface area contributed by atoms with Crippen LogP contribution < -0.4 is 5.32 Å². The van der Waals surface area contributed by atoms with E-state index in [1.165, 1.54) is 17.5 Å². The third-order valence-electron chi connectivity index (χ3n) is 5.77. The Balaban J connectivity index is 1.26. The Hall–Kier alpha value is -2.46. The molecule has 2 aromatic rings. The number of carbonyl (C=O) groups is 2. The van der Waals surface area contributed by atoms with Crippen LogP contribution >= 0.6 is 0 Å². The van der Waals surface area contributed by atoms with Gasteiger partial charge in [0.15, 0.2) is 5.78 Å². The van der Waals surface area contributed by atoms with Crippen molar-refractivity contribution in [1.29, 1.82) is 0 Å². The highest BCUT2D eigenvalue weighted by Crippen LogP contribution is 2.25. The Morgan fingerprint density at radius 1 is 0.963 bits per heavy atom. The number of hydrogen-bond donors (Lipinski definition) is 1. The predicted octanol–water partition coefficient (Wildman–Crippen LogP) is 3.71. The molecule has 1 heterocycles. The largest absolute Gasteiger partial charge is 0.325 e. The zero-order chi connectivity index (χ0) is 18.6. The van der Waals surface area contributed by atoms with Gasteiger partial charge in [0.25, 0.3) is 0 Å². The highest BCUT2D eigenvalue weighted by molar-refractivity contribution is 5.98. The Morgan fingerprint density at radius 3 is 2.48 bits per heavy atom. The molecule has 0 unspecified atom stereocenters. The summed E-state index contributed by atoms with van der Waals surface area (Å²) >= 11 is 0. The van der Waals surface area contributed by atoms with Crippen LogP contribution in [0.1, 0.15) is 40.7 Å². The van der Waals surface area contributed by atoms with E-state index in [9.17, 15) is 9.59 Å². The predicted molar refractivity (Wildman–Crippen MR) is 107 cm³/mol. The number of fused-ring (bicyclic) bond motifs is 1. The minimum Gasteiger partial charge on any atom is -0.325 e. The lowest BCUT2D eigenvalue weighted by Gasteiger charge is -2.30. The van der Waals surface area contributed by atoms with Crippen molar-refractivity contribution < 1.29 is 9.59 Å². The third kappa shape index (κ3) is 4.28. The molecule has 0 aromatic heterocycles. The lowest BCUT2D eigenvalue weighted by Crippen LogP contribution is -2.40. The number of Topliss-reactive ketones (excluding diaryl/α,β-unsaturated/α-hetero) is 1. The van der Waals surface area contributed by atoms with Crippen molar-refractivity contribution in [3.63, 3.8) is 0 Å². The standard InChI is InChI=1S/C23H26N2O2/c26-22(24-21-10-9-17-7-4-8-20(17)15-21)16-25-13-11-19(12-14-25)23(27)18-5-2-1-3-6-18/h1-3,5-6,9-10,15,19H,4,7-8,11-14,16H2,(H,24,26). The topological polar surface area (TPSA) is 49.4 Å². The molecule has 0 atom stereocenters. The Bertz CT molecular complexity index is 824. The van der Waals surface area contributed by atoms with Gasteiger partial charge in [-0.05, 0) is 68.5 Å². The number of benzene rings is 2. The Morgan fingerprint density at radius 2 is 1.70 bits per heavy atom. The number of rotatable bonds is 5. The van der Waals surface area contributed by atoms with Crippen LogP contribution in [-0.4, -0.2) is 36.2 Å². The highest BCUT2D eigenvalue weighted by atomic mass is 16.2. The van der Waals surface area contributed by atoms with E-state index in [1.807, 2.05) is 36.4 Å². The summed E-state index contributed by atoms with van der Waals surface area (Å²) in [5.41, 5.74) is 4.48. The summed E-state index contributed by atoms with van der Waals surface area (Å²) in [6.07, 6.45) is 5.12. The number of amides is 1. The van der Waals surface area contributed by atoms with Crippen molar-refractivity contribution in [1.82, 2.24) is 4.90 Å². The Kier molecular flexibility index (Phi) is 5.35. The molecule has 2 aliphatic rings. The molecular weight excluding hydrogens is 336 g/mol. The van der Waals surface area contributed by atoms with Gasteiger partial charge in [-0.1, -0.05) is 36.4 Å². The van der Waals surface area contributed by atoms with Crippen molar-refractivity contribution in [2.24, 2.45) is 5.92 Å². The number of ketones is 1. The van der Waals surface area contributed by atoms with Gasteiger partial charge in [-0.3, -0.25) is 14.5 Å². The summed E-state index contributed by atoms with van der Waals surface area (Å²) in [5.74, 6) is 0.335. The lowest BCUT2D eigenvalue weighted by atomic mass is 9.89. The molecule has 1 saturated heterocycles. The minimum absolute atomic E-state index is 0.0285. The molecule has 1 N–H and O–H groups in total. The number of piperidine rings is 1. The summed E-state index contributed by atoms with van der Waals surface area (Å²) in [6.45, 7) is 1.98. The van der Waals surface area contributed by atoms with Crippen LogP contribution in [0.4, 0.5) is 5.69 Å². The fourth-order valence-corrected chi connectivity index (χ4v) is 4.24. The van der Waals surface area contributed by atoms with Crippen LogP contribution in [0.3, 0.4) is 0 Å². The number of carbonyl (C=O) groups excluding carboxylic acids is 2. The number of aryl methyl sites for hydroxylation is 2. The van der Waals surface area contributed by atoms with Gasteiger partial charge in [0.2, 0.25) is 5.91 Å². The number of nitrogens with one attached hydrogen (secondary N) is 1. The van der Waals surface area contributed by atoms with Crippen LogP contribution in [0.5, 0.6) is 0 Å². The van der Waals surface area contributed by atoms with Gasteiger partial charge in [0, 0.05) is 17.2 Å². The Labute approximate surface area is 160 Å². The molecule has 0 saturated carbocycles. The molecule has 1 aliphatic heterocycles. The molecule has 0 bridgehead atoms. The quantitative estimate of drug-likeness (QED) is 0.825. The van der Waals surface area contributed by atoms with Crippen LogP contribution in [-0.2, 0) is 17.6 Å². The van der Waals surface area contributed by atoms with Crippen molar-refractivity contribution in [2.75, 3.05) is 25.0 Å². The summed E-state index contributed by atoms with van der Waals surface area (Å²) in [7, 11) is 0. The first-order valence-electron chi connectivity index (χ1n) is 9.92. The van der Waals surface area contributed by atoms with Crippen molar-refractivity contribution in [3.8, 4) is 0 Å².